The Balaban J connectivity index is 1.73. The molecular formula is C24H27N3O7S3. The average Bonchev–Trinajstić information content (AvgIpc) is 3.34. The summed E-state index contributed by atoms with van der Waals surface area (Å²) in [4.78, 5) is 17.4. The van der Waals surface area contributed by atoms with E-state index in [0.29, 0.717) is 17.2 Å². The van der Waals surface area contributed by atoms with Gasteiger partial charge in [0.15, 0.2) is 9.84 Å². The number of sulfonamides is 1. The van der Waals surface area contributed by atoms with Crippen LogP contribution in [0, 0.1) is 0 Å². The van der Waals surface area contributed by atoms with E-state index < -0.39 is 42.7 Å². The highest BCUT2D eigenvalue weighted by atomic mass is 32.2. The number of benzene rings is 1. The number of carbonyl (C=O) groups excluding carboxylic acids is 1. The van der Waals surface area contributed by atoms with Gasteiger partial charge in [0, 0.05) is 35.2 Å². The zero-order valence-electron chi connectivity index (χ0n) is 20.0. The van der Waals surface area contributed by atoms with Crippen molar-refractivity contribution in [2.45, 2.75) is 29.4 Å². The van der Waals surface area contributed by atoms with E-state index in [1.807, 2.05) is 31.2 Å². The molecule has 1 saturated heterocycles. The van der Waals surface area contributed by atoms with Crippen molar-refractivity contribution in [3.05, 3.63) is 65.8 Å². The average molecular weight is 566 g/mol. The Kier molecular flexibility index (Phi) is 7.99. The Bertz CT molecular complexity index is 1460. The molecule has 2 N–H and O–H groups in total. The number of hydrogen-bond acceptors (Lipinski definition) is 9. The summed E-state index contributed by atoms with van der Waals surface area (Å²) in [5.74, 6) is -0.648. The normalized spacial score (nSPS) is 20.2. The SMILES string of the molecule is CCOc1ccc(-c2ccc(C3(CC(=O)NO)CCN(S(=O)(=O)c4cccnc4)CCS3(=O)=O)s2)cc1. The highest BCUT2D eigenvalue weighted by molar-refractivity contribution is 7.92. The third kappa shape index (κ3) is 5.41. The molecule has 1 aliphatic rings. The van der Waals surface area contributed by atoms with Crippen LogP contribution in [0.25, 0.3) is 10.4 Å². The lowest BCUT2D eigenvalue weighted by atomic mass is 9.97. The van der Waals surface area contributed by atoms with Crippen molar-refractivity contribution < 1.29 is 31.6 Å². The molecule has 198 valence electrons. The van der Waals surface area contributed by atoms with E-state index in [2.05, 4.69) is 4.98 Å². The summed E-state index contributed by atoms with van der Waals surface area (Å²) >= 11 is 1.22. The largest absolute Gasteiger partial charge is 0.494 e. The second-order valence-electron chi connectivity index (χ2n) is 8.49. The van der Waals surface area contributed by atoms with Gasteiger partial charge in [-0.25, -0.2) is 22.3 Å². The van der Waals surface area contributed by atoms with Gasteiger partial charge in [0.25, 0.3) is 0 Å². The molecule has 0 bridgehead atoms. The summed E-state index contributed by atoms with van der Waals surface area (Å²) in [6.07, 6.45) is 1.95. The molecule has 0 spiro atoms. The molecule has 3 heterocycles. The van der Waals surface area contributed by atoms with Crippen LogP contribution in [0.5, 0.6) is 5.75 Å². The van der Waals surface area contributed by atoms with Crippen molar-refractivity contribution in [1.29, 1.82) is 0 Å². The molecular weight excluding hydrogens is 538 g/mol. The Morgan fingerprint density at radius 2 is 1.95 bits per heavy atom. The first kappa shape index (κ1) is 27.2. The van der Waals surface area contributed by atoms with Crippen LogP contribution in [0.15, 0.2) is 65.8 Å². The Morgan fingerprint density at radius 3 is 2.59 bits per heavy atom. The molecule has 1 unspecified atom stereocenters. The molecule has 0 radical (unpaired) electrons. The minimum Gasteiger partial charge on any atom is -0.494 e. The van der Waals surface area contributed by atoms with E-state index in [1.165, 1.54) is 41.3 Å². The fourth-order valence-corrected chi connectivity index (χ4v) is 9.49. The number of carbonyl (C=O) groups is 1. The Labute approximate surface area is 219 Å². The van der Waals surface area contributed by atoms with E-state index in [4.69, 9.17) is 4.74 Å². The van der Waals surface area contributed by atoms with Crippen LogP contribution in [-0.4, -0.2) is 62.7 Å². The lowest BCUT2D eigenvalue weighted by Gasteiger charge is -2.30. The number of thiophene rings is 1. The number of nitrogens with one attached hydrogen (secondary N) is 1. The van der Waals surface area contributed by atoms with Crippen LogP contribution in [0.4, 0.5) is 0 Å². The van der Waals surface area contributed by atoms with Gasteiger partial charge < -0.3 is 4.74 Å². The molecule has 1 aliphatic heterocycles. The van der Waals surface area contributed by atoms with Gasteiger partial charge in [-0.15, -0.1) is 11.3 Å². The molecule has 1 atom stereocenters. The van der Waals surface area contributed by atoms with Crippen molar-refractivity contribution in [1.82, 2.24) is 14.8 Å². The van der Waals surface area contributed by atoms with E-state index in [9.17, 15) is 26.8 Å². The smallest absolute Gasteiger partial charge is 0.245 e. The van der Waals surface area contributed by atoms with E-state index >= 15 is 0 Å². The lowest BCUT2D eigenvalue weighted by molar-refractivity contribution is -0.129. The molecule has 3 aromatic rings. The van der Waals surface area contributed by atoms with Gasteiger partial charge >= 0.3 is 0 Å². The molecule has 4 rings (SSSR count). The summed E-state index contributed by atoms with van der Waals surface area (Å²) in [6.45, 7) is 2.02. The summed E-state index contributed by atoms with van der Waals surface area (Å²) in [6, 6.07) is 13.7. The molecule has 13 heteroatoms. The molecule has 1 amide bonds. The maximum absolute atomic E-state index is 13.7. The first-order valence-electron chi connectivity index (χ1n) is 11.5. The van der Waals surface area contributed by atoms with Gasteiger partial charge in [0.2, 0.25) is 15.9 Å². The highest BCUT2D eigenvalue weighted by Crippen LogP contribution is 2.45. The van der Waals surface area contributed by atoms with Crippen molar-refractivity contribution in [3.63, 3.8) is 0 Å². The number of rotatable bonds is 8. The molecule has 37 heavy (non-hydrogen) atoms. The number of pyridine rings is 1. The maximum atomic E-state index is 13.7. The lowest BCUT2D eigenvalue weighted by Crippen LogP contribution is -2.41. The number of amides is 1. The predicted molar refractivity (Wildman–Crippen MR) is 139 cm³/mol. The van der Waals surface area contributed by atoms with Gasteiger partial charge in [-0.1, -0.05) is 0 Å². The number of ether oxygens (including phenoxy) is 1. The van der Waals surface area contributed by atoms with Gasteiger partial charge in [-0.2, -0.15) is 4.31 Å². The zero-order chi connectivity index (χ0) is 26.7. The quantitative estimate of drug-likeness (QED) is 0.314. The van der Waals surface area contributed by atoms with E-state index in [0.717, 1.165) is 14.7 Å². The number of aromatic nitrogens is 1. The Hall–Kier alpha value is -2.84. The van der Waals surface area contributed by atoms with Crippen LogP contribution in [0.1, 0.15) is 24.6 Å². The van der Waals surface area contributed by atoms with Crippen molar-refractivity contribution in [3.8, 4) is 16.2 Å². The van der Waals surface area contributed by atoms with Crippen molar-refractivity contribution >= 4 is 37.1 Å². The number of sulfone groups is 1. The third-order valence-corrected chi connectivity index (χ3v) is 12.1. The minimum absolute atomic E-state index is 0.0399. The fraction of sp³-hybridized carbons (Fsp3) is 0.333. The first-order valence-corrected chi connectivity index (χ1v) is 15.4. The first-order chi connectivity index (χ1) is 17.6. The zero-order valence-corrected chi connectivity index (χ0v) is 22.5. The minimum atomic E-state index is -4.04. The topological polar surface area (TPSA) is 143 Å². The Morgan fingerprint density at radius 1 is 1.19 bits per heavy atom. The number of hydroxylamine groups is 1. The van der Waals surface area contributed by atoms with Gasteiger partial charge in [-0.05, 0) is 67.4 Å². The molecule has 2 aromatic heterocycles. The molecule has 1 aromatic carbocycles. The molecule has 0 aliphatic carbocycles. The van der Waals surface area contributed by atoms with Gasteiger partial charge in [-0.3, -0.25) is 15.0 Å². The van der Waals surface area contributed by atoms with E-state index in [-0.39, 0.29) is 24.4 Å². The van der Waals surface area contributed by atoms with Crippen LogP contribution >= 0.6 is 11.3 Å². The molecule has 1 fully saturated rings. The number of hydrogen-bond donors (Lipinski definition) is 2. The monoisotopic (exact) mass is 565 g/mol. The summed E-state index contributed by atoms with van der Waals surface area (Å²) in [5.41, 5.74) is 2.38. The second kappa shape index (κ2) is 10.9. The van der Waals surface area contributed by atoms with E-state index in [1.54, 1.807) is 12.1 Å². The van der Waals surface area contributed by atoms with Gasteiger partial charge in [0.1, 0.15) is 15.4 Å². The van der Waals surface area contributed by atoms with Crippen molar-refractivity contribution in [2.24, 2.45) is 0 Å². The summed E-state index contributed by atoms with van der Waals surface area (Å²) in [7, 11) is -8.04. The van der Waals surface area contributed by atoms with Crippen LogP contribution in [0.2, 0.25) is 0 Å². The third-order valence-electron chi connectivity index (χ3n) is 6.32. The van der Waals surface area contributed by atoms with Crippen molar-refractivity contribution in [2.75, 3.05) is 25.4 Å². The number of nitrogens with zero attached hydrogens (tertiary/aromatic N) is 2. The maximum Gasteiger partial charge on any atom is 0.245 e. The van der Waals surface area contributed by atoms with Crippen LogP contribution in [-0.2, 0) is 29.4 Å². The molecule has 10 nitrogen and oxygen atoms in total. The second-order valence-corrected chi connectivity index (χ2v) is 13.9. The predicted octanol–water partition coefficient (Wildman–Crippen LogP) is 2.81. The van der Waals surface area contributed by atoms with Crippen LogP contribution in [0.3, 0.4) is 0 Å². The molecule has 0 saturated carbocycles. The fourth-order valence-electron chi connectivity index (χ4n) is 4.36. The highest BCUT2D eigenvalue weighted by Gasteiger charge is 2.50. The van der Waals surface area contributed by atoms with Gasteiger partial charge in [0.05, 0.1) is 18.8 Å². The standard InChI is InChI=1S/C24H27N3O7S3/c1-2-34-19-7-5-18(6-8-19)21-9-10-22(35-21)24(16-23(28)26-29)11-13-27(14-15-36(24,30)31)37(32,33)20-4-3-12-25-17-20/h3-10,12,17,29H,2,11,13-16H2,1H3,(H,26,28). The summed E-state index contributed by atoms with van der Waals surface area (Å²) < 4.78 is 58.8. The van der Waals surface area contributed by atoms with Crippen LogP contribution < -0.4 is 10.2 Å². The summed E-state index contributed by atoms with van der Waals surface area (Å²) in [5, 5.41) is 9.23.